The SMILES string of the molecule is CN1C[C@H]2CC[C@@H](C1)[C@@H]2N. The lowest BCUT2D eigenvalue weighted by atomic mass is 9.94. The van der Waals surface area contributed by atoms with E-state index in [4.69, 9.17) is 5.73 Å². The summed E-state index contributed by atoms with van der Waals surface area (Å²) in [6.07, 6.45) is 2.74. The number of rotatable bonds is 0. The zero-order valence-electron chi connectivity index (χ0n) is 6.59. The highest BCUT2D eigenvalue weighted by Gasteiger charge is 2.38. The molecule has 2 rings (SSSR count). The average molecular weight is 140 g/mol. The van der Waals surface area contributed by atoms with Crippen LogP contribution in [0, 0.1) is 11.8 Å². The van der Waals surface area contributed by atoms with Crippen LogP contribution in [0.3, 0.4) is 0 Å². The third-order valence-electron chi connectivity index (χ3n) is 3.09. The van der Waals surface area contributed by atoms with Crippen LogP contribution in [0.1, 0.15) is 12.8 Å². The summed E-state index contributed by atoms with van der Waals surface area (Å²) in [4.78, 5) is 2.42. The molecule has 2 N–H and O–H groups in total. The zero-order valence-corrected chi connectivity index (χ0v) is 6.59. The van der Waals surface area contributed by atoms with Crippen molar-refractivity contribution in [2.24, 2.45) is 17.6 Å². The molecule has 0 aromatic carbocycles. The van der Waals surface area contributed by atoms with Crippen LogP contribution >= 0.6 is 0 Å². The summed E-state index contributed by atoms with van der Waals surface area (Å²) >= 11 is 0. The van der Waals surface area contributed by atoms with Crippen molar-refractivity contribution in [3.8, 4) is 0 Å². The first-order valence-electron chi connectivity index (χ1n) is 4.21. The van der Waals surface area contributed by atoms with Gasteiger partial charge in [0.2, 0.25) is 0 Å². The maximum Gasteiger partial charge on any atom is 0.0120 e. The van der Waals surface area contributed by atoms with E-state index in [1.54, 1.807) is 0 Å². The van der Waals surface area contributed by atoms with Gasteiger partial charge in [-0.2, -0.15) is 0 Å². The van der Waals surface area contributed by atoms with Gasteiger partial charge >= 0.3 is 0 Å². The maximum atomic E-state index is 6.02. The van der Waals surface area contributed by atoms with Gasteiger partial charge in [0.05, 0.1) is 0 Å². The minimum absolute atomic E-state index is 0.524. The van der Waals surface area contributed by atoms with Gasteiger partial charge in [-0.1, -0.05) is 0 Å². The summed E-state index contributed by atoms with van der Waals surface area (Å²) in [6.45, 7) is 2.47. The van der Waals surface area contributed by atoms with Crippen molar-refractivity contribution in [3.05, 3.63) is 0 Å². The summed E-state index contributed by atoms with van der Waals surface area (Å²) < 4.78 is 0. The van der Waals surface area contributed by atoms with Gasteiger partial charge in [0.1, 0.15) is 0 Å². The number of hydrogen-bond donors (Lipinski definition) is 1. The molecular weight excluding hydrogens is 124 g/mol. The Kier molecular flexibility index (Phi) is 1.46. The smallest absolute Gasteiger partial charge is 0.0120 e. The van der Waals surface area contributed by atoms with Crippen molar-refractivity contribution < 1.29 is 0 Å². The number of hydrogen-bond acceptors (Lipinski definition) is 2. The van der Waals surface area contributed by atoms with Crippen LogP contribution in [-0.4, -0.2) is 31.1 Å². The fourth-order valence-corrected chi connectivity index (χ4v) is 2.50. The van der Waals surface area contributed by atoms with E-state index in [1.165, 1.54) is 25.9 Å². The molecule has 2 heteroatoms. The molecule has 2 aliphatic rings. The molecule has 1 saturated carbocycles. The number of piperidine rings is 1. The van der Waals surface area contributed by atoms with Crippen LogP contribution in [-0.2, 0) is 0 Å². The summed E-state index contributed by atoms with van der Waals surface area (Å²) in [6, 6.07) is 0.524. The zero-order chi connectivity index (χ0) is 7.14. The van der Waals surface area contributed by atoms with Crippen LogP contribution in [0.5, 0.6) is 0 Å². The van der Waals surface area contributed by atoms with E-state index in [9.17, 15) is 0 Å². The molecule has 0 spiro atoms. The van der Waals surface area contributed by atoms with E-state index in [0.717, 1.165) is 11.8 Å². The first kappa shape index (κ1) is 6.62. The van der Waals surface area contributed by atoms with Crippen molar-refractivity contribution in [1.82, 2.24) is 4.90 Å². The highest BCUT2D eigenvalue weighted by atomic mass is 15.1. The molecule has 0 radical (unpaired) electrons. The van der Waals surface area contributed by atoms with Crippen LogP contribution < -0.4 is 5.73 Å². The number of fused-ring (bicyclic) bond motifs is 2. The molecule has 1 aliphatic carbocycles. The lowest BCUT2D eigenvalue weighted by Gasteiger charge is -2.33. The van der Waals surface area contributed by atoms with Gasteiger partial charge in [-0.15, -0.1) is 0 Å². The topological polar surface area (TPSA) is 29.3 Å². The quantitative estimate of drug-likeness (QED) is 0.524. The Bertz CT molecular complexity index is 121. The minimum atomic E-state index is 0.524. The molecule has 1 aliphatic heterocycles. The molecule has 3 atom stereocenters. The fraction of sp³-hybridized carbons (Fsp3) is 1.00. The molecule has 58 valence electrons. The maximum absolute atomic E-state index is 6.02. The lowest BCUT2D eigenvalue weighted by molar-refractivity contribution is 0.177. The largest absolute Gasteiger partial charge is 0.327 e. The molecule has 2 fully saturated rings. The van der Waals surface area contributed by atoms with Gasteiger partial charge in [0.15, 0.2) is 0 Å². The van der Waals surface area contributed by atoms with Crippen molar-refractivity contribution >= 4 is 0 Å². The number of nitrogens with two attached hydrogens (primary N) is 1. The molecular formula is C8H16N2. The molecule has 2 bridgehead atoms. The second-order valence-corrected chi connectivity index (χ2v) is 3.90. The predicted molar refractivity (Wildman–Crippen MR) is 41.7 cm³/mol. The average Bonchev–Trinajstić information content (AvgIpc) is 2.20. The third-order valence-corrected chi connectivity index (χ3v) is 3.09. The summed E-state index contributed by atoms with van der Waals surface area (Å²) in [5.41, 5.74) is 6.02. The summed E-state index contributed by atoms with van der Waals surface area (Å²) in [7, 11) is 2.21. The highest BCUT2D eigenvalue weighted by molar-refractivity contribution is 4.94. The Labute approximate surface area is 62.4 Å². The molecule has 10 heavy (non-hydrogen) atoms. The highest BCUT2D eigenvalue weighted by Crippen LogP contribution is 2.34. The van der Waals surface area contributed by atoms with Crippen LogP contribution in [0.15, 0.2) is 0 Å². The van der Waals surface area contributed by atoms with Gasteiger partial charge < -0.3 is 10.6 Å². The lowest BCUT2D eigenvalue weighted by Crippen LogP contribution is -2.47. The first-order valence-corrected chi connectivity index (χ1v) is 4.21. The van der Waals surface area contributed by atoms with E-state index in [-0.39, 0.29) is 0 Å². The summed E-state index contributed by atoms with van der Waals surface area (Å²) in [5.74, 6) is 1.62. The second-order valence-electron chi connectivity index (χ2n) is 3.90. The van der Waals surface area contributed by atoms with E-state index in [0.29, 0.717) is 6.04 Å². The number of likely N-dealkylation sites (tertiary alicyclic amines) is 1. The monoisotopic (exact) mass is 140 g/mol. The van der Waals surface area contributed by atoms with Crippen molar-refractivity contribution in [2.45, 2.75) is 18.9 Å². The molecule has 2 nitrogen and oxygen atoms in total. The first-order chi connectivity index (χ1) is 4.77. The molecule has 0 aromatic heterocycles. The Balaban J connectivity index is 2.09. The van der Waals surface area contributed by atoms with Gasteiger partial charge in [-0.3, -0.25) is 0 Å². The Morgan fingerprint density at radius 3 is 2.20 bits per heavy atom. The van der Waals surface area contributed by atoms with E-state index in [2.05, 4.69) is 11.9 Å². The Morgan fingerprint density at radius 2 is 1.70 bits per heavy atom. The van der Waals surface area contributed by atoms with E-state index in [1.807, 2.05) is 0 Å². The Morgan fingerprint density at radius 1 is 1.20 bits per heavy atom. The van der Waals surface area contributed by atoms with Crippen molar-refractivity contribution in [3.63, 3.8) is 0 Å². The van der Waals surface area contributed by atoms with Gasteiger partial charge in [0, 0.05) is 19.1 Å². The van der Waals surface area contributed by atoms with Crippen LogP contribution in [0.4, 0.5) is 0 Å². The molecule has 0 aromatic rings. The van der Waals surface area contributed by atoms with Gasteiger partial charge in [-0.25, -0.2) is 0 Å². The van der Waals surface area contributed by atoms with Crippen LogP contribution in [0.2, 0.25) is 0 Å². The molecule has 1 saturated heterocycles. The number of nitrogens with zero attached hydrogens (tertiary/aromatic N) is 1. The second kappa shape index (κ2) is 2.21. The molecule has 0 amide bonds. The van der Waals surface area contributed by atoms with Crippen molar-refractivity contribution in [1.29, 1.82) is 0 Å². The van der Waals surface area contributed by atoms with Gasteiger partial charge in [0.25, 0.3) is 0 Å². The summed E-state index contributed by atoms with van der Waals surface area (Å²) in [5, 5.41) is 0. The molecule has 0 unspecified atom stereocenters. The predicted octanol–water partition coefficient (Wildman–Crippen LogP) is 0.285. The van der Waals surface area contributed by atoms with Gasteiger partial charge in [-0.05, 0) is 31.7 Å². The fourth-order valence-electron chi connectivity index (χ4n) is 2.50. The standard InChI is InChI=1S/C8H16N2/c1-10-4-6-2-3-7(5-10)8(6)9/h6-8H,2-5,9H2,1H3/t6-,7+,8-. The third kappa shape index (κ3) is 0.867. The van der Waals surface area contributed by atoms with E-state index >= 15 is 0 Å². The van der Waals surface area contributed by atoms with E-state index < -0.39 is 0 Å². The van der Waals surface area contributed by atoms with Crippen molar-refractivity contribution in [2.75, 3.05) is 20.1 Å². The Hall–Kier alpha value is -0.0800. The molecule has 1 heterocycles. The minimum Gasteiger partial charge on any atom is -0.327 e. The van der Waals surface area contributed by atoms with Crippen LogP contribution in [0.25, 0.3) is 0 Å². The normalized spacial score (nSPS) is 48.0.